The Labute approximate surface area is 125 Å². The molecule has 4 heteroatoms. The molecule has 0 aliphatic heterocycles. The van der Waals surface area contributed by atoms with Crippen LogP contribution in [0.3, 0.4) is 0 Å². The van der Waals surface area contributed by atoms with Gasteiger partial charge in [0.05, 0.1) is 0 Å². The molecule has 0 amide bonds. The number of aromatic nitrogens is 2. The predicted octanol–water partition coefficient (Wildman–Crippen LogP) is 3.07. The Bertz CT molecular complexity index is 593. The van der Waals surface area contributed by atoms with Gasteiger partial charge >= 0.3 is 0 Å². The summed E-state index contributed by atoms with van der Waals surface area (Å²) in [4.78, 5) is 4.62. The highest BCUT2D eigenvalue weighted by Gasteiger charge is 2.25. The molecular weight excluding hydrogens is 262 g/mol. The lowest BCUT2D eigenvalue weighted by Crippen LogP contribution is -2.12. The standard InChI is InChI=1S/C17H23N3O/c1-12(11-18)9-10-16-19-17(20-21-16)15-8-4-6-13-5-2-3-7-14(13)15/h2-3,5,7,12,15H,4,6,8-11,18H2,1H3. The summed E-state index contributed by atoms with van der Waals surface area (Å²) < 4.78 is 5.43. The monoisotopic (exact) mass is 285 g/mol. The summed E-state index contributed by atoms with van der Waals surface area (Å²) >= 11 is 0. The maximum Gasteiger partial charge on any atom is 0.226 e. The molecule has 0 saturated heterocycles. The number of nitrogens with zero attached hydrogens (tertiary/aromatic N) is 2. The van der Waals surface area contributed by atoms with Crippen LogP contribution in [0.1, 0.15) is 54.9 Å². The zero-order valence-corrected chi connectivity index (χ0v) is 12.6. The molecule has 0 saturated carbocycles. The van der Waals surface area contributed by atoms with Crippen LogP contribution < -0.4 is 5.73 Å². The van der Waals surface area contributed by atoms with Crippen LogP contribution in [0.25, 0.3) is 0 Å². The number of fused-ring (bicyclic) bond motifs is 1. The van der Waals surface area contributed by atoms with Gasteiger partial charge in [-0.2, -0.15) is 4.98 Å². The van der Waals surface area contributed by atoms with E-state index in [0.717, 1.165) is 37.4 Å². The maximum atomic E-state index is 5.64. The van der Waals surface area contributed by atoms with Crippen molar-refractivity contribution in [2.75, 3.05) is 6.54 Å². The van der Waals surface area contributed by atoms with E-state index in [1.165, 1.54) is 17.5 Å². The third kappa shape index (κ3) is 3.16. The molecule has 2 aromatic rings. The molecule has 2 unspecified atom stereocenters. The molecule has 2 N–H and O–H groups in total. The maximum absolute atomic E-state index is 5.64. The number of hydrogen-bond donors (Lipinski definition) is 1. The number of hydrogen-bond acceptors (Lipinski definition) is 4. The van der Waals surface area contributed by atoms with Crippen LogP contribution in [0.2, 0.25) is 0 Å². The second-order valence-electron chi connectivity index (χ2n) is 6.07. The number of aryl methyl sites for hydroxylation is 2. The van der Waals surface area contributed by atoms with Gasteiger partial charge in [0.1, 0.15) is 0 Å². The molecule has 3 rings (SSSR count). The first-order chi connectivity index (χ1) is 10.3. The van der Waals surface area contributed by atoms with Crippen molar-refractivity contribution >= 4 is 0 Å². The van der Waals surface area contributed by atoms with Crippen molar-refractivity contribution < 1.29 is 4.52 Å². The van der Waals surface area contributed by atoms with Crippen LogP contribution in [-0.4, -0.2) is 16.7 Å². The molecule has 0 bridgehead atoms. The molecule has 0 radical (unpaired) electrons. The zero-order valence-electron chi connectivity index (χ0n) is 12.6. The van der Waals surface area contributed by atoms with E-state index in [2.05, 4.69) is 41.3 Å². The third-order valence-electron chi connectivity index (χ3n) is 4.42. The summed E-state index contributed by atoms with van der Waals surface area (Å²) in [5.41, 5.74) is 8.44. The molecule has 1 heterocycles. The number of nitrogens with two attached hydrogens (primary N) is 1. The van der Waals surface area contributed by atoms with Gasteiger partial charge in [-0.25, -0.2) is 0 Å². The molecule has 0 fully saturated rings. The van der Waals surface area contributed by atoms with Crippen molar-refractivity contribution in [1.82, 2.24) is 10.1 Å². The van der Waals surface area contributed by atoms with Crippen LogP contribution in [0.5, 0.6) is 0 Å². The smallest absolute Gasteiger partial charge is 0.226 e. The second kappa shape index (κ2) is 6.39. The first-order valence-electron chi connectivity index (χ1n) is 7.88. The Balaban J connectivity index is 1.75. The quantitative estimate of drug-likeness (QED) is 0.917. The summed E-state index contributed by atoms with van der Waals surface area (Å²) in [6.45, 7) is 2.85. The van der Waals surface area contributed by atoms with Gasteiger partial charge in [-0.3, -0.25) is 0 Å². The van der Waals surface area contributed by atoms with Gasteiger partial charge < -0.3 is 10.3 Å². The van der Waals surface area contributed by atoms with Gasteiger partial charge in [-0.1, -0.05) is 36.3 Å². The molecule has 1 aliphatic rings. The highest BCUT2D eigenvalue weighted by molar-refractivity contribution is 5.36. The van der Waals surface area contributed by atoms with E-state index in [4.69, 9.17) is 10.3 Å². The molecular formula is C17H23N3O. The van der Waals surface area contributed by atoms with Gasteiger partial charge in [0.15, 0.2) is 5.82 Å². The van der Waals surface area contributed by atoms with Crippen molar-refractivity contribution in [3.63, 3.8) is 0 Å². The van der Waals surface area contributed by atoms with E-state index in [0.29, 0.717) is 18.4 Å². The first-order valence-corrected chi connectivity index (χ1v) is 7.88. The topological polar surface area (TPSA) is 64.9 Å². The van der Waals surface area contributed by atoms with E-state index < -0.39 is 0 Å². The molecule has 4 nitrogen and oxygen atoms in total. The average Bonchev–Trinajstić information content (AvgIpc) is 3.00. The molecule has 1 aromatic carbocycles. The lowest BCUT2D eigenvalue weighted by atomic mass is 9.82. The van der Waals surface area contributed by atoms with Crippen LogP contribution in [0.15, 0.2) is 28.8 Å². The largest absolute Gasteiger partial charge is 0.339 e. The van der Waals surface area contributed by atoms with Gasteiger partial charge in [0, 0.05) is 12.3 Å². The van der Waals surface area contributed by atoms with Crippen LogP contribution in [0.4, 0.5) is 0 Å². The minimum absolute atomic E-state index is 0.291. The van der Waals surface area contributed by atoms with Gasteiger partial charge in [-0.05, 0) is 49.3 Å². The summed E-state index contributed by atoms with van der Waals surface area (Å²) in [5, 5.41) is 4.23. The van der Waals surface area contributed by atoms with Gasteiger partial charge in [-0.15, -0.1) is 0 Å². The molecule has 0 spiro atoms. The highest BCUT2D eigenvalue weighted by atomic mass is 16.5. The minimum atomic E-state index is 0.291. The Hall–Kier alpha value is -1.68. The van der Waals surface area contributed by atoms with Crippen LogP contribution in [-0.2, 0) is 12.8 Å². The molecule has 1 aromatic heterocycles. The molecule has 2 atom stereocenters. The Morgan fingerprint density at radius 2 is 2.24 bits per heavy atom. The Kier molecular flexibility index (Phi) is 4.34. The fraction of sp³-hybridized carbons (Fsp3) is 0.529. The summed E-state index contributed by atoms with van der Waals surface area (Å²) in [5.74, 6) is 2.38. The molecule has 21 heavy (non-hydrogen) atoms. The SMILES string of the molecule is CC(CN)CCc1nc(C2CCCc3ccccc32)no1. The zero-order chi connectivity index (χ0) is 14.7. The second-order valence-corrected chi connectivity index (χ2v) is 6.07. The van der Waals surface area contributed by atoms with Crippen molar-refractivity contribution in [3.05, 3.63) is 47.1 Å². The first kappa shape index (κ1) is 14.3. The van der Waals surface area contributed by atoms with Crippen LogP contribution >= 0.6 is 0 Å². The number of benzene rings is 1. The Morgan fingerprint density at radius 1 is 1.38 bits per heavy atom. The fourth-order valence-corrected chi connectivity index (χ4v) is 3.02. The van der Waals surface area contributed by atoms with E-state index >= 15 is 0 Å². The lowest BCUT2D eigenvalue weighted by Gasteiger charge is -2.22. The Morgan fingerprint density at radius 3 is 3.10 bits per heavy atom. The van der Waals surface area contributed by atoms with Crippen molar-refractivity contribution in [2.45, 2.75) is 44.9 Å². The summed E-state index contributed by atoms with van der Waals surface area (Å²) in [6, 6.07) is 8.62. The van der Waals surface area contributed by atoms with Crippen LogP contribution in [0, 0.1) is 5.92 Å². The summed E-state index contributed by atoms with van der Waals surface area (Å²) in [6.07, 6.45) is 5.27. The van der Waals surface area contributed by atoms with Gasteiger partial charge in [0.25, 0.3) is 0 Å². The van der Waals surface area contributed by atoms with Crippen molar-refractivity contribution in [1.29, 1.82) is 0 Å². The van der Waals surface area contributed by atoms with Gasteiger partial charge in [0.2, 0.25) is 5.89 Å². The minimum Gasteiger partial charge on any atom is -0.339 e. The highest BCUT2D eigenvalue weighted by Crippen LogP contribution is 2.35. The lowest BCUT2D eigenvalue weighted by molar-refractivity contribution is 0.358. The normalized spacial score (nSPS) is 19.2. The van der Waals surface area contributed by atoms with E-state index in [1.54, 1.807) is 0 Å². The predicted molar refractivity (Wildman–Crippen MR) is 82.1 cm³/mol. The number of rotatable bonds is 5. The van der Waals surface area contributed by atoms with E-state index in [9.17, 15) is 0 Å². The molecule has 1 aliphatic carbocycles. The van der Waals surface area contributed by atoms with E-state index in [-0.39, 0.29) is 0 Å². The summed E-state index contributed by atoms with van der Waals surface area (Å²) in [7, 11) is 0. The van der Waals surface area contributed by atoms with E-state index in [1.807, 2.05) is 0 Å². The molecule has 112 valence electrons. The van der Waals surface area contributed by atoms with Crippen molar-refractivity contribution in [3.8, 4) is 0 Å². The third-order valence-corrected chi connectivity index (χ3v) is 4.42. The average molecular weight is 285 g/mol. The van der Waals surface area contributed by atoms with Crippen molar-refractivity contribution in [2.24, 2.45) is 11.7 Å². The fourth-order valence-electron chi connectivity index (χ4n) is 3.02.